The Bertz CT molecular complexity index is 211. The number of nitrogens with two attached hydrogens (primary N) is 1. The lowest BCUT2D eigenvalue weighted by atomic mass is 9.96. The highest BCUT2D eigenvalue weighted by Gasteiger charge is 2.33. The number of thiocarbonyl (C=S) groups is 1. The van der Waals surface area contributed by atoms with Crippen molar-refractivity contribution in [3.05, 3.63) is 0 Å². The molecule has 0 aromatic carbocycles. The van der Waals surface area contributed by atoms with Gasteiger partial charge in [-0.2, -0.15) is 0 Å². The van der Waals surface area contributed by atoms with Crippen LogP contribution < -0.4 is 5.73 Å². The summed E-state index contributed by atoms with van der Waals surface area (Å²) in [5.74, 6) is 0.937. The van der Waals surface area contributed by atoms with E-state index >= 15 is 0 Å². The number of likely N-dealkylation sites (tertiary alicyclic amines) is 1. The van der Waals surface area contributed by atoms with Gasteiger partial charge in [0.2, 0.25) is 0 Å². The number of nitrogens with zero attached hydrogens (tertiary/aromatic N) is 1. The van der Waals surface area contributed by atoms with E-state index in [0.717, 1.165) is 18.5 Å². The van der Waals surface area contributed by atoms with Crippen molar-refractivity contribution in [1.29, 1.82) is 0 Å². The summed E-state index contributed by atoms with van der Waals surface area (Å²) in [6, 6.07) is 0.791. The topological polar surface area (TPSA) is 29.3 Å². The summed E-state index contributed by atoms with van der Waals surface area (Å²) in [6.07, 6.45) is 8.43. The summed E-state index contributed by atoms with van der Waals surface area (Å²) in [5, 5.41) is 0. The summed E-state index contributed by atoms with van der Waals surface area (Å²) in [5.41, 5.74) is 5.62. The molecule has 0 radical (unpaired) electrons. The zero-order chi connectivity index (χ0) is 9.97. The molecular formula is C11H20N2S. The molecule has 1 saturated carbocycles. The van der Waals surface area contributed by atoms with Crippen LogP contribution in [0.1, 0.15) is 38.5 Å². The van der Waals surface area contributed by atoms with Crippen LogP contribution in [-0.2, 0) is 0 Å². The van der Waals surface area contributed by atoms with Crippen molar-refractivity contribution in [3.63, 3.8) is 0 Å². The van der Waals surface area contributed by atoms with E-state index in [1.54, 1.807) is 0 Å². The minimum Gasteiger partial charge on any atom is -0.392 e. The van der Waals surface area contributed by atoms with Gasteiger partial charge in [-0.1, -0.05) is 25.1 Å². The third kappa shape index (κ3) is 2.26. The van der Waals surface area contributed by atoms with Gasteiger partial charge in [0.25, 0.3) is 0 Å². The van der Waals surface area contributed by atoms with Gasteiger partial charge in [0, 0.05) is 12.6 Å². The normalized spacial score (nSPS) is 29.9. The van der Waals surface area contributed by atoms with Crippen LogP contribution in [0.3, 0.4) is 0 Å². The van der Waals surface area contributed by atoms with E-state index < -0.39 is 0 Å². The Hall–Kier alpha value is -0.150. The Labute approximate surface area is 91.8 Å². The Morgan fingerprint density at radius 3 is 2.57 bits per heavy atom. The molecule has 0 bridgehead atoms. The highest BCUT2D eigenvalue weighted by atomic mass is 32.1. The van der Waals surface area contributed by atoms with E-state index in [1.165, 1.54) is 45.1 Å². The lowest BCUT2D eigenvalue weighted by Gasteiger charge is -2.28. The van der Waals surface area contributed by atoms with Gasteiger partial charge in [-0.15, -0.1) is 0 Å². The molecule has 3 heteroatoms. The first-order valence-electron chi connectivity index (χ1n) is 5.80. The zero-order valence-electron chi connectivity index (χ0n) is 8.74. The van der Waals surface area contributed by atoms with Crippen LogP contribution >= 0.6 is 12.2 Å². The Kier molecular flexibility index (Phi) is 3.39. The van der Waals surface area contributed by atoms with E-state index in [9.17, 15) is 0 Å². The van der Waals surface area contributed by atoms with Crippen LogP contribution in [0.15, 0.2) is 0 Å². The SMILES string of the molecule is NC(=S)CN1CCCC1C1CCCC1. The Balaban J connectivity index is 1.92. The molecule has 0 aromatic rings. The number of rotatable bonds is 3. The van der Waals surface area contributed by atoms with Crippen LogP contribution in [0.2, 0.25) is 0 Å². The fraction of sp³-hybridized carbons (Fsp3) is 0.909. The summed E-state index contributed by atoms with van der Waals surface area (Å²) in [6.45, 7) is 2.05. The van der Waals surface area contributed by atoms with Crippen LogP contribution in [0.5, 0.6) is 0 Å². The Morgan fingerprint density at radius 1 is 1.21 bits per heavy atom. The second kappa shape index (κ2) is 4.58. The molecule has 14 heavy (non-hydrogen) atoms. The molecule has 1 aliphatic carbocycles. The summed E-state index contributed by atoms with van der Waals surface area (Å²) >= 11 is 5.00. The van der Waals surface area contributed by atoms with Crippen molar-refractivity contribution in [3.8, 4) is 0 Å². The lowest BCUT2D eigenvalue weighted by molar-refractivity contribution is 0.215. The summed E-state index contributed by atoms with van der Waals surface area (Å²) in [4.78, 5) is 3.17. The smallest absolute Gasteiger partial charge is 0.0870 e. The average Bonchev–Trinajstić information content (AvgIpc) is 2.70. The number of hydrogen-bond donors (Lipinski definition) is 1. The summed E-state index contributed by atoms with van der Waals surface area (Å²) in [7, 11) is 0. The quantitative estimate of drug-likeness (QED) is 0.725. The van der Waals surface area contributed by atoms with Crippen molar-refractivity contribution >= 4 is 17.2 Å². The molecule has 1 heterocycles. The van der Waals surface area contributed by atoms with Gasteiger partial charge in [0.05, 0.1) is 4.99 Å². The fourth-order valence-corrected chi connectivity index (χ4v) is 3.29. The third-order valence-corrected chi connectivity index (χ3v) is 3.85. The molecule has 1 unspecified atom stereocenters. The van der Waals surface area contributed by atoms with E-state index in [1.807, 2.05) is 0 Å². The van der Waals surface area contributed by atoms with Gasteiger partial charge in [0.15, 0.2) is 0 Å². The van der Waals surface area contributed by atoms with Gasteiger partial charge in [-0.05, 0) is 38.1 Å². The van der Waals surface area contributed by atoms with E-state index in [4.69, 9.17) is 18.0 Å². The molecule has 0 spiro atoms. The minimum absolute atomic E-state index is 0.662. The molecular weight excluding hydrogens is 192 g/mol. The average molecular weight is 212 g/mol. The largest absolute Gasteiger partial charge is 0.392 e. The van der Waals surface area contributed by atoms with E-state index in [0.29, 0.717) is 4.99 Å². The fourth-order valence-electron chi connectivity index (χ4n) is 3.12. The van der Waals surface area contributed by atoms with Gasteiger partial charge >= 0.3 is 0 Å². The lowest BCUT2D eigenvalue weighted by Crippen LogP contribution is -2.39. The first kappa shape index (κ1) is 10.4. The maximum Gasteiger partial charge on any atom is 0.0870 e. The molecule has 2 nitrogen and oxygen atoms in total. The molecule has 1 saturated heterocycles. The first-order valence-corrected chi connectivity index (χ1v) is 6.20. The number of hydrogen-bond acceptors (Lipinski definition) is 2. The first-order chi connectivity index (χ1) is 6.77. The van der Waals surface area contributed by atoms with Gasteiger partial charge < -0.3 is 5.73 Å². The van der Waals surface area contributed by atoms with Crippen LogP contribution in [0.4, 0.5) is 0 Å². The molecule has 1 atom stereocenters. The highest BCUT2D eigenvalue weighted by Crippen LogP contribution is 2.35. The maximum absolute atomic E-state index is 5.62. The second-order valence-electron chi connectivity index (χ2n) is 4.69. The molecule has 0 amide bonds. The van der Waals surface area contributed by atoms with Crippen molar-refractivity contribution in [2.75, 3.05) is 13.1 Å². The molecule has 1 aliphatic heterocycles. The predicted octanol–water partition coefficient (Wildman–Crippen LogP) is 1.93. The van der Waals surface area contributed by atoms with Gasteiger partial charge in [-0.25, -0.2) is 0 Å². The minimum atomic E-state index is 0.662. The molecule has 2 rings (SSSR count). The second-order valence-corrected chi connectivity index (χ2v) is 5.22. The standard InChI is InChI=1S/C11H20N2S/c12-11(14)8-13-7-3-6-10(13)9-4-1-2-5-9/h9-10H,1-8H2,(H2,12,14). The highest BCUT2D eigenvalue weighted by molar-refractivity contribution is 7.80. The van der Waals surface area contributed by atoms with Gasteiger partial charge in [0.1, 0.15) is 0 Å². The van der Waals surface area contributed by atoms with Crippen molar-refractivity contribution in [2.24, 2.45) is 11.7 Å². The predicted molar refractivity (Wildman–Crippen MR) is 63.3 cm³/mol. The molecule has 0 aromatic heterocycles. The maximum atomic E-state index is 5.62. The molecule has 2 aliphatic rings. The molecule has 2 N–H and O–H groups in total. The van der Waals surface area contributed by atoms with Crippen molar-refractivity contribution in [1.82, 2.24) is 4.90 Å². The van der Waals surface area contributed by atoms with E-state index in [2.05, 4.69) is 4.90 Å². The van der Waals surface area contributed by atoms with Crippen LogP contribution in [0, 0.1) is 5.92 Å². The third-order valence-electron chi connectivity index (χ3n) is 3.72. The van der Waals surface area contributed by atoms with E-state index in [-0.39, 0.29) is 0 Å². The molecule has 2 fully saturated rings. The van der Waals surface area contributed by atoms with Crippen molar-refractivity contribution in [2.45, 2.75) is 44.6 Å². The van der Waals surface area contributed by atoms with Crippen molar-refractivity contribution < 1.29 is 0 Å². The molecule has 80 valence electrons. The summed E-state index contributed by atoms with van der Waals surface area (Å²) < 4.78 is 0. The monoisotopic (exact) mass is 212 g/mol. The Morgan fingerprint density at radius 2 is 1.93 bits per heavy atom. The van der Waals surface area contributed by atoms with Crippen LogP contribution in [-0.4, -0.2) is 29.0 Å². The van der Waals surface area contributed by atoms with Gasteiger partial charge in [-0.3, -0.25) is 4.90 Å². The van der Waals surface area contributed by atoms with Crippen LogP contribution in [0.25, 0.3) is 0 Å². The zero-order valence-corrected chi connectivity index (χ0v) is 9.56.